The molecule has 0 fully saturated rings. The van der Waals surface area contributed by atoms with E-state index in [1.807, 2.05) is 18.9 Å². The molecule has 0 unspecified atom stereocenters. The maximum atomic E-state index is 11.5. The van der Waals surface area contributed by atoms with Crippen LogP contribution < -0.4 is 10.2 Å². The van der Waals surface area contributed by atoms with Crippen LogP contribution in [0.1, 0.15) is 12.5 Å². The van der Waals surface area contributed by atoms with Crippen molar-refractivity contribution in [3.63, 3.8) is 0 Å². The highest BCUT2D eigenvalue weighted by Crippen LogP contribution is 2.29. The molecule has 1 rings (SSSR count). The number of carbonyl (C=O) groups excluding carboxylic acids is 1. The van der Waals surface area contributed by atoms with Crippen molar-refractivity contribution in [1.82, 2.24) is 9.27 Å². The molecule has 1 heterocycles. The van der Waals surface area contributed by atoms with Crippen molar-refractivity contribution in [3.8, 4) is 6.07 Å². The third-order valence-electron chi connectivity index (χ3n) is 2.25. The first-order valence-electron chi connectivity index (χ1n) is 5.10. The number of anilines is 2. The Kier molecular flexibility index (Phi) is 4.29. The van der Waals surface area contributed by atoms with E-state index in [9.17, 15) is 4.79 Å². The van der Waals surface area contributed by atoms with Crippen LogP contribution in [0.5, 0.6) is 0 Å². The molecule has 0 saturated carbocycles. The predicted octanol–water partition coefficient (Wildman–Crippen LogP) is 1.56. The number of hydrogen-bond donors (Lipinski definition) is 1. The number of carbonyl (C=O) groups is 1. The Hall–Kier alpha value is -1.81. The van der Waals surface area contributed by atoms with Crippen molar-refractivity contribution in [2.75, 3.05) is 37.9 Å². The summed E-state index contributed by atoms with van der Waals surface area (Å²) in [4.78, 5) is 14.8. The van der Waals surface area contributed by atoms with Gasteiger partial charge in [-0.15, -0.1) is 0 Å². The minimum atomic E-state index is -0.268. The predicted molar refractivity (Wildman–Crippen MR) is 68.5 cm³/mol. The molecule has 0 aliphatic carbocycles. The summed E-state index contributed by atoms with van der Waals surface area (Å²) >= 11 is 1.12. The molecular weight excluding hydrogens is 238 g/mol. The summed E-state index contributed by atoms with van der Waals surface area (Å²) in [6.07, 6.45) is 0. The van der Waals surface area contributed by atoms with Gasteiger partial charge in [-0.3, -0.25) is 5.32 Å². The van der Waals surface area contributed by atoms with Gasteiger partial charge in [-0.25, -0.2) is 4.79 Å². The van der Waals surface area contributed by atoms with E-state index >= 15 is 0 Å². The van der Waals surface area contributed by atoms with Gasteiger partial charge < -0.3 is 9.80 Å². The fraction of sp³-hybridized carbons (Fsp3) is 0.500. The monoisotopic (exact) mass is 253 g/mol. The zero-order valence-electron chi connectivity index (χ0n) is 10.3. The van der Waals surface area contributed by atoms with Crippen molar-refractivity contribution in [3.05, 3.63) is 5.56 Å². The van der Waals surface area contributed by atoms with E-state index in [1.54, 1.807) is 14.1 Å². The molecule has 0 aliphatic heterocycles. The van der Waals surface area contributed by atoms with Crippen LogP contribution >= 0.6 is 11.5 Å². The molecule has 2 amide bonds. The summed E-state index contributed by atoms with van der Waals surface area (Å²) in [7, 11) is 5.14. The molecular formula is C10H15N5OS. The Bertz CT molecular complexity index is 448. The first kappa shape index (κ1) is 13.3. The minimum Gasteiger partial charge on any atom is -0.358 e. The highest BCUT2D eigenvalue weighted by molar-refractivity contribution is 7.11. The number of amides is 2. The summed E-state index contributed by atoms with van der Waals surface area (Å²) in [5.41, 5.74) is 0.412. The molecule has 0 aliphatic rings. The van der Waals surface area contributed by atoms with Crippen LogP contribution in [0.3, 0.4) is 0 Å². The second-order valence-corrected chi connectivity index (χ2v) is 4.43. The van der Waals surface area contributed by atoms with Gasteiger partial charge in [0.15, 0.2) is 5.82 Å². The van der Waals surface area contributed by atoms with Gasteiger partial charge in [0, 0.05) is 27.7 Å². The molecule has 0 spiro atoms. The normalized spacial score (nSPS) is 9.59. The zero-order chi connectivity index (χ0) is 13.0. The van der Waals surface area contributed by atoms with Crippen molar-refractivity contribution in [2.24, 2.45) is 0 Å². The molecule has 0 bridgehead atoms. The summed E-state index contributed by atoms with van der Waals surface area (Å²) in [6, 6.07) is 1.81. The molecule has 0 saturated heterocycles. The maximum Gasteiger partial charge on any atom is 0.322 e. The lowest BCUT2D eigenvalue weighted by Crippen LogP contribution is -2.27. The summed E-state index contributed by atoms with van der Waals surface area (Å²) in [5.74, 6) is 0.606. The van der Waals surface area contributed by atoms with E-state index < -0.39 is 0 Å². The molecule has 0 atom stereocenters. The lowest BCUT2D eigenvalue weighted by molar-refractivity contribution is 0.231. The Labute approximate surface area is 105 Å². The van der Waals surface area contributed by atoms with Gasteiger partial charge in [0.25, 0.3) is 0 Å². The minimum absolute atomic E-state index is 0.268. The van der Waals surface area contributed by atoms with Crippen LogP contribution in [0.15, 0.2) is 0 Å². The molecule has 0 radical (unpaired) electrons. The molecule has 1 N–H and O–H groups in total. The highest BCUT2D eigenvalue weighted by Gasteiger charge is 2.18. The highest BCUT2D eigenvalue weighted by atomic mass is 32.1. The van der Waals surface area contributed by atoms with Gasteiger partial charge in [-0.2, -0.15) is 9.64 Å². The standard InChI is InChI=1S/C10H15N5OS/c1-5-15(4)8-7(6-11)9(17-13-8)12-10(16)14(2)3/h5H2,1-4H3,(H,12,16). The number of nitriles is 1. The van der Waals surface area contributed by atoms with E-state index in [-0.39, 0.29) is 6.03 Å². The van der Waals surface area contributed by atoms with Crippen LogP contribution in [0.25, 0.3) is 0 Å². The number of nitrogens with zero attached hydrogens (tertiary/aromatic N) is 4. The van der Waals surface area contributed by atoms with Crippen molar-refractivity contribution < 1.29 is 4.79 Å². The number of aromatic nitrogens is 1. The third kappa shape index (κ3) is 2.85. The topological polar surface area (TPSA) is 72.3 Å². The van der Waals surface area contributed by atoms with E-state index in [0.29, 0.717) is 16.4 Å². The van der Waals surface area contributed by atoms with Crippen LogP contribution in [0, 0.1) is 11.3 Å². The van der Waals surface area contributed by atoms with Gasteiger partial charge in [-0.1, -0.05) is 0 Å². The maximum absolute atomic E-state index is 11.5. The van der Waals surface area contributed by atoms with Gasteiger partial charge in [-0.05, 0) is 18.5 Å². The summed E-state index contributed by atoms with van der Waals surface area (Å²) in [5, 5.41) is 12.3. The van der Waals surface area contributed by atoms with Crippen molar-refractivity contribution in [2.45, 2.75) is 6.92 Å². The molecule has 0 aromatic carbocycles. The van der Waals surface area contributed by atoms with E-state index in [0.717, 1.165) is 18.1 Å². The fourth-order valence-electron chi connectivity index (χ4n) is 1.09. The summed E-state index contributed by atoms with van der Waals surface area (Å²) < 4.78 is 4.18. The molecule has 1 aromatic heterocycles. The lowest BCUT2D eigenvalue weighted by Gasteiger charge is -2.13. The van der Waals surface area contributed by atoms with Gasteiger partial charge in [0.05, 0.1) is 0 Å². The first-order chi connectivity index (χ1) is 8.01. The summed E-state index contributed by atoms with van der Waals surface area (Å²) in [6.45, 7) is 2.72. The molecule has 6 nitrogen and oxygen atoms in total. The van der Waals surface area contributed by atoms with E-state index in [2.05, 4.69) is 15.8 Å². The molecule has 17 heavy (non-hydrogen) atoms. The SMILES string of the molecule is CCN(C)c1nsc(NC(=O)N(C)C)c1C#N. The second-order valence-electron chi connectivity index (χ2n) is 3.66. The second kappa shape index (κ2) is 5.50. The quantitative estimate of drug-likeness (QED) is 0.887. The zero-order valence-corrected chi connectivity index (χ0v) is 11.1. The first-order valence-corrected chi connectivity index (χ1v) is 5.87. The van der Waals surface area contributed by atoms with Crippen molar-refractivity contribution >= 4 is 28.4 Å². The largest absolute Gasteiger partial charge is 0.358 e. The Morgan fingerprint density at radius 1 is 1.53 bits per heavy atom. The third-order valence-corrected chi connectivity index (χ3v) is 3.00. The number of nitrogens with one attached hydrogen (secondary N) is 1. The van der Waals surface area contributed by atoms with E-state index in [1.165, 1.54) is 4.90 Å². The smallest absolute Gasteiger partial charge is 0.322 e. The van der Waals surface area contributed by atoms with Gasteiger partial charge in [0.2, 0.25) is 0 Å². The van der Waals surface area contributed by atoms with Crippen molar-refractivity contribution in [1.29, 1.82) is 5.26 Å². The van der Waals surface area contributed by atoms with Crippen LogP contribution in [-0.4, -0.2) is 43.0 Å². The average molecular weight is 253 g/mol. The number of hydrogen-bond acceptors (Lipinski definition) is 5. The lowest BCUT2D eigenvalue weighted by atomic mass is 10.3. The number of urea groups is 1. The average Bonchev–Trinajstić information content (AvgIpc) is 2.70. The van der Waals surface area contributed by atoms with Gasteiger partial charge in [0.1, 0.15) is 16.6 Å². The van der Waals surface area contributed by atoms with Crippen LogP contribution in [0.2, 0.25) is 0 Å². The fourth-order valence-corrected chi connectivity index (χ4v) is 1.86. The Balaban J connectivity index is 3.00. The Morgan fingerprint density at radius 2 is 2.18 bits per heavy atom. The molecule has 1 aromatic rings. The van der Waals surface area contributed by atoms with Gasteiger partial charge >= 0.3 is 6.03 Å². The van der Waals surface area contributed by atoms with Crippen LogP contribution in [0.4, 0.5) is 15.6 Å². The van der Waals surface area contributed by atoms with E-state index in [4.69, 9.17) is 5.26 Å². The number of rotatable bonds is 3. The molecule has 92 valence electrons. The Morgan fingerprint density at radius 3 is 2.65 bits per heavy atom. The molecule has 7 heteroatoms. The van der Waals surface area contributed by atoms with Crippen LogP contribution in [-0.2, 0) is 0 Å².